The van der Waals surface area contributed by atoms with E-state index in [9.17, 15) is 13.6 Å². The third kappa shape index (κ3) is 3.42. The molecule has 0 unspecified atom stereocenters. The molecule has 1 aromatic carbocycles. The molecule has 0 saturated carbocycles. The molecule has 0 aliphatic carbocycles. The molecule has 2 heterocycles. The molecule has 118 valence electrons. The highest BCUT2D eigenvalue weighted by atomic mass is 19.3. The van der Waals surface area contributed by atoms with E-state index in [4.69, 9.17) is 9.15 Å². The standard InChI is InChI=1S/C15H11F2N3O3/c16-15(17)20-8-7-18-12(20)9-22-14(21)6-5-13-19-10-3-1-2-4-11(10)23-13/h1-8,15H,9H2/b6-5+. The second kappa shape index (κ2) is 6.39. The van der Waals surface area contributed by atoms with Gasteiger partial charge in [0.1, 0.15) is 12.1 Å². The van der Waals surface area contributed by atoms with Gasteiger partial charge in [0.2, 0.25) is 5.89 Å². The Balaban J connectivity index is 1.61. The zero-order valence-corrected chi connectivity index (χ0v) is 11.7. The summed E-state index contributed by atoms with van der Waals surface area (Å²) in [7, 11) is 0. The summed E-state index contributed by atoms with van der Waals surface area (Å²) < 4.78 is 36.1. The molecule has 6 nitrogen and oxygen atoms in total. The quantitative estimate of drug-likeness (QED) is 0.533. The minimum absolute atomic E-state index is 0.0383. The Bertz CT molecular complexity index is 821. The zero-order chi connectivity index (χ0) is 16.2. The van der Waals surface area contributed by atoms with Gasteiger partial charge in [0.25, 0.3) is 0 Å². The largest absolute Gasteiger partial charge is 0.454 e. The van der Waals surface area contributed by atoms with E-state index in [0.717, 1.165) is 12.3 Å². The summed E-state index contributed by atoms with van der Waals surface area (Å²) in [5, 5.41) is 0. The fraction of sp³-hybridized carbons (Fsp3) is 0.133. The Morgan fingerprint density at radius 1 is 1.39 bits per heavy atom. The molecule has 3 aromatic rings. The number of aromatic nitrogens is 3. The maximum atomic E-state index is 12.6. The predicted octanol–water partition coefficient (Wildman–Crippen LogP) is 3.18. The Hall–Kier alpha value is -3.03. The number of ether oxygens (including phenoxy) is 1. The van der Waals surface area contributed by atoms with Gasteiger partial charge in [-0.25, -0.2) is 14.8 Å². The van der Waals surface area contributed by atoms with Gasteiger partial charge in [-0.05, 0) is 12.1 Å². The van der Waals surface area contributed by atoms with Crippen LogP contribution in [0.2, 0.25) is 0 Å². The van der Waals surface area contributed by atoms with Crippen molar-refractivity contribution in [3.05, 3.63) is 54.5 Å². The maximum Gasteiger partial charge on any atom is 0.331 e. The molecule has 3 rings (SSSR count). The summed E-state index contributed by atoms with van der Waals surface area (Å²) in [5.41, 5.74) is 1.26. The number of nitrogens with zero attached hydrogens (tertiary/aromatic N) is 3. The number of rotatable bonds is 5. The van der Waals surface area contributed by atoms with Crippen molar-refractivity contribution in [3.8, 4) is 0 Å². The molecule has 0 aliphatic heterocycles. The van der Waals surface area contributed by atoms with Crippen molar-refractivity contribution in [3.63, 3.8) is 0 Å². The molecule has 0 bridgehead atoms. The van der Waals surface area contributed by atoms with Gasteiger partial charge in [-0.15, -0.1) is 0 Å². The predicted molar refractivity (Wildman–Crippen MR) is 76.3 cm³/mol. The fourth-order valence-corrected chi connectivity index (χ4v) is 1.92. The lowest BCUT2D eigenvalue weighted by atomic mass is 10.3. The number of para-hydroxylation sites is 2. The van der Waals surface area contributed by atoms with E-state index in [2.05, 4.69) is 9.97 Å². The van der Waals surface area contributed by atoms with Gasteiger partial charge >= 0.3 is 12.5 Å². The van der Waals surface area contributed by atoms with Crippen molar-refractivity contribution in [2.24, 2.45) is 0 Å². The summed E-state index contributed by atoms with van der Waals surface area (Å²) in [6, 6.07) is 7.15. The van der Waals surface area contributed by atoms with Crippen LogP contribution in [0, 0.1) is 0 Å². The maximum absolute atomic E-state index is 12.6. The van der Waals surface area contributed by atoms with Gasteiger partial charge in [-0.2, -0.15) is 8.78 Å². The topological polar surface area (TPSA) is 70.2 Å². The van der Waals surface area contributed by atoms with Crippen LogP contribution in [0.25, 0.3) is 17.2 Å². The summed E-state index contributed by atoms with van der Waals surface area (Å²) in [4.78, 5) is 19.5. The van der Waals surface area contributed by atoms with Crippen LogP contribution >= 0.6 is 0 Å². The highest BCUT2D eigenvalue weighted by Crippen LogP contribution is 2.16. The lowest BCUT2D eigenvalue weighted by molar-refractivity contribution is -0.139. The van der Waals surface area contributed by atoms with E-state index in [0.29, 0.717) is 15.7 Å². The number of fused-ring (bicyclic) bond motifs is 1. The van der Waals surface area contributed by atoms with Crippen LogP contribution in [0.1, 0.15) is 18.3 Å². The normalized spacial score (nSPS) is 11.6. The molecule has 0 aliphatic rings. The third-order valence-corrected chi connectivity index (χ3v) is 2.98. The second-order valence-corrected chi connectivity index (χ2v) is 4.49. The monoisotopic (exact) mass is 319 g/mol. The number of hydrogen-bond acceptors (Lipinski definition) is 5. The highest BCUT2D eigenvalue weighted by Gasteiger charge is 2.12. The van der Waals surface area contributed by atoms with Crippen LogP contribution < -0.4 is 0 Å². The fourth-order valence-electron chi connectivity index (χ4n) is 1.92. The first-order valence-corrected chi connectivity index (χ1v) is 6.64. The molecule has 23 heavy (non-hydrogen) atoms. The number of esters is 1. The van der Waals surface area contributed by atoms with Crippen LogP contribution in [0.15, 0.2) is 47.2 Å². The second-order valence-electron chi connectivity index (χ2n) is 4.49. The first kappa shape index (κ1) is 14.9. The Labute approximate surface area is 129 Å². The lowest BCUT2D eigenvalue weighted by Crippen LogP contribution is -2.08. The summed E-state index contributed by atoms with van der Waals surface area (Å²) >= 11 is 0. The van der Waals surface area contributed by atoms with E-state index in [1.165, 1.54) is 12.3 Å². The van der Waals surface area contributed by atoms with Crippen LogP contribution in [0.3, 0.4) is 0 Å². The molecule has 0 amide bonds. The molecular formula is C15H11F2N3O3. The molecule has 8 heteroatoms. The third-order valence-electron chi connectivity index (χ3n) is 2.98. The van der Waals surface area contributed by atoms with Crippen molar-refractivity contribution in [1.29, 1.82) is 0 Å². The van der Waals surface area contributed by atoms with Gasteiger partial charge in [-0.3, -0.25) is 4.57 Å². The van der Waals surface area contributed by atoms with Crippen molar-refractivity contribution >= 4 is 23.1 Å². The van der Waals surface area contributed by atoms with E-state index in [-0.39, 0.29) is 18.3 Å². The summed E-state index contributed by atoms with van der Waals surface area (Å²) in [6.07, 6.45) is 4.79. The smallest absolute Gasteiger partial charge is 0.331 e. The van der Waals surface area contributed by atoms with Gasteiger partial charge in [-0.1, -0.05) is 12.1 Å². The zero-order valence-electron chi connectivity index (χ0n) is 11.7. The first-order chi connectivity index (χ1) is 11.1. The summed E-state index contributed by atoms with van der Waals surface area (Å²) in [6.45, 7) is -3.09. The molecule has 0 spiro atoms. The van der Waals surface area contributed by atoms with Crippen molar-refractivity contribution in [2.75, 3.05) is 0 Å². The number of oxazole rings is 1. The van der Waals surface area contributed by atoms with E-state index >= 15 is 0 Å². The first-order valence-electron chi connectivity index (χ1n) is 6.64. The number of hydrogen-bond donors (Lipinski definition) is 0. The lowest BCUT2D eigenvalue weighted by Gasteiger charge is -2.05. The molecule has 0 N–H and O–H groups in total. The van der Waals surface area contributed by atoms with Crippen LogP contribution in [-0.2, 0) is 16.1 Å². The number of halogens is 2. The van der Waals surface area contributed by atoms with Crippen LogP contribution in [0.5, 0.6) is 0 Å². The Morgan fingerprint density at radius 3 is 3.00 bits per heavy atom. The minimum Gasteiger partial charge on any atom is -0.454 e. The molecule has 0 fully saturated rings. The number of carbonyl (C=O) groups excluding carboxylic acids is 1. The van der Waals surface area contributed by atoms with Crippen molar-refractivity contribution in [2.45, 2.75) is 13.2 Å². The molecule has 0 atom stereocenters. The van der Waals surface area contributed by atoms with Gasteiger partial charge in [0.05, 0.1) is 0 Å². The molecule has 0 radical (unpaired) electrons. The Morgan fingerprint density at radius 2 is 2.22 bits per heavy atom. The van der Waals surface area contributed by atoms with Crippen LogP contribution in [0.4, 0.5) is 8.78 Å². The number of benzene rings is 1. The molecule has 0 saturated heterocycles. The number of alkyl halides is 2. The number of imidazole rings is 1. The van der Waals surface area contributed by atoms with E-state index < -0.39 is 12.5 Å². The highest BCUT2D eigenvalue weighted by molar-refractivity contribution is 5.86. The van der Waals surface area contributed by atoms with E-state index in [1.54, 1.807) is 18.2 Å². The Kier molecular flexibility index (Phi) is 4.13. The molecular weight excluding hydrogens is 308 g/mol. The SMILES string of the molecule is O=C(/C=C/c1nc2ccccc2o1)OCc1nccn1C(F)F. The van der Waals surface area contributed by atoms with E-state index in [1.807, 2.05) is 6.07 Å². The molecule has 2 aromatic heterocycles. The van der Waals surface area contributed by atoms with Crippen LogP contribution in [-0.4, -0.2) is 20.5 Å². The van der Waals surface area contributed by atoms with Gasteiger partial charge in [0.15, 0.2) is 11.4 Å². The summed E-state index contributed by atoms with van der Waals surface area (Å²) in [5.74, 6) is -0.503. The average molecular weight is 319 g/mol. The average Bonchev–Trinajstić information content (AvgIpc) is 3.16. The van der Waals surface area contributed by atoms with Crippen molar-refractivity contribution < 1.29 is 22.7 Å². The number of carbonyl (C=O) groups is 1. The van der Waals surface area contributed by atoms with Gasteiger partial charge < -0.3 is 9.15 Å². The van der Waals surface area contributed by atoms with Gasteiger partial charge in [0, 0.05) is 24.5 Å². The minimum atomic E-state index is -2.73. The van der Waals surface area contributed by atoms with Crippen molar-refractivity contribution in [1.82, 2.24) is 14.5 Å².